The second kappa shape index (κ2) is 7.59. The maximum Gasteiger partial charge on any atom is 0.243 e. The fraction of sp³-hybridized carbons (Fsp3) is 0.278. The number of carbonyl (C=O) groups excluding carboxylic acids is 1. The number of benzene rings is 2. The molecule has 128 valence electrons. The molecule has 1 N–H and O–H groups in total. The number of hydrogen-bond acceptors (Lipinski definition) is 3. The van der Waals surface area contributed by atoms with Gasteiger partial charge in [0.25, 0.3) is 0 Å². The normalized spacial score (nSPS) is 11.5. The van der Waals surface area contributed by atoms with Crippen molar-refractivity contribution in [2.75, 3.05) is 12.4 Å². The van der Waals surface area contributed by atoms with Crippen molar-refractivity contribution in [1.82, 2.24) is 4.31 Å². The highest BCUT2D eigenvalue weighted by Gasteiger charge is 2.20. The van der Waals surface area contributed by atoms with Crippen LogP contribution in [-0.2, 0) is 27.8 Å². The van der Waals surface area contributed by atoms with E-state index in [0.29, 0.717) is 12.2 Å². The van der Waals surface area contributed by atoms with Crippen molar-refractivity contribution in [2.24, 2.45) is 0 Å². The lowest BCUT2D eigenvalue weighted by molar-refractivity contribution is -0.114. The maximum absolute atomic E-state index is 12.6. The Bertz CT molecular complexity index is 797. The van der Waals surface area contributed by atoms with Gasteiger partial charge in [0, 0.05) is 26.2 Å². The van der Waals surface area contributed by atoms with Gasteiger partial charge in [0.05, 0.1) is 4.90 Å². The second-order valence-electron chi connectivity index (χ2n) is 5.64. The molecule has 1 amide bonds. The molecule has 0 bridgehead atoms. The molecule has 0 heterocycles. The van der Waals surface area contributed by atoms with E-state index in [1.54, 1.807) is 19.2 Å². The van der Waals surface area contributed by atoms with E-state index in [1.807, 2.05) is 24.3 Å². The first-order valence-electron chi connectivity index (χ1n) is 7.74. The molecule has 2 rings (SSSR count). The number of anilines is 1. The number of carbonyl (C=O) groups is 1. The van der Waals surface area contributed by atoms with Crippen LogP contribution in [0.4, 0.5) is 5.69 Å². The SMILES string of the molecule is CCc1ccc(CN(C)S(=O)(=O)c2ccc(NC(C)=O)cc2)cc1. The summed E-state index contributed by atoms with van der Waals surface area (Å²) >= 11 is 0. The number of nitrogens with zero attached hydrogens (tertiary/aromatic N) is 1. The van der Waals surface area contributed by atoms with Crippen LogP contribution in [0.15, 0.2) is 53.4 Å². The molecule has 0 aliphatic carbocycles. The number of hydrogen-bond donors (Lipinski definition) is 1. The number of rotatable bonds is 6. The van der Waals surface area contributed by atoms with Gasteiger partial charge in [-0.2, -0.15) is 4.31 Å². The van der Waals surface area contributed by atoms with Crippen LogP contribution in [0.2, 0.25) is 0 Å². The van der Waals surface area contributed by atoms with Gasteiger partial charge in [-0.3, -0.25) is 4.79 Å². The van der Waals surface area contributed by atoms with Crippen molar-refractivity contribution in [3.8, 4) is 0 Å². The summed E-state index contributed by atoms with van der Waals surface area (Å²) in [6.07, 6.45) is 0.953. The van der Waals surface area contributed by atoms with Crippen molar-refractivity contribution in [1.29, 1.82) is 0 Å². The van der Waals surface area contributed by atoms with E-state index in [4.69, 9.17) is 0 Å². The smallest absolute Gasteiger partial charge is 0.243 e. The van der Waals surface area contributed by atoms with Gasteiger partial charge in [-0.05, 0) is 41.8 Å². The Kier molecular flexibility index (Phi) is 5.75. The summed E-state index contributed by atoms with van der Waals surface area (Å²) in [4.78, 5) is 11.2. The molecular weight excluding hydrogens is 324 g/mol. The lowest BCUT2D eigenvalue weighted by Crippen LogP contribution is -2.26. The first kappa shape index (κ1) is 18.2. The molecule has 0 aromatic heterocycles. The van der Waals surface area contributed by atoms with E-state index in [9.17, 15) is 13.2 Å². The Labute approximate surface area is 143 Å². The Hall–Kier alpha value is -2.18. The summed E-state index contributed by atoms with van der Waals surface area (Å²) in [5.74, 6) is -0.196. The number of nitrogens with one attached hydrogen (secondary N) is 1. The van der Waals surface area contributed by atoms with Gasteiger partial charge in [-0.15, -0.1) is 0 Å². The Morgan fingerprint density at radius 2 is 1.54 bits per heavy atom. The molecule has 5 nitrogen and oxygen atoms in total. The zero-order valence-corrected chi connectivity index (χ0v) is 14.9. The Morgan fingerprint density at radius 3 is 2.04 bits per heavy atom. The maximum atomic E-state index is 12.6. The molecule has 0 atom stereocenters. The summed E-state index contributed by atoms with van der Waals surface area (Å²) in [6.45, 7) is 3.79. The van der Waals surface area contributed by atoms with Crippen LogP contribution in [0, 0.1) is 0 Å². The van der Waals surface area contributed by atoms with Gasteiger partial charge in [-0.25, -0.2) is 8.42 Å². The molecule has 0 fully saturated rings. The van der Waals surface area contributed by atoms with Gasteiger partial charge < -0.3 is 5.32 Å². The molecule has 6 heteroatoms. The average molecular weight is 346 g/mol. The highest BCUT2D eigenvalue weighted by molar-refractivity contribution is 7.89. The van der Waals surface area contributed by atoms with Crippen molar-refractivity contribution < 1.29 is 13.2 Å². The first-order valence-corrected chi connectivity index (χ1v) is 9.18. The third-order valence-corrected chi connectivity index (χ3v) is 5.54. The van der Waals surface area contributed by atoms with E-state index < -0.39 is 10.0 Å². The summed E-state index contributed by atoms with van der Waals surface area (Å²) in [7, 11) is -2.02. The first-order chi connectivity index (χ1) is 11.3. The van der Waals surface area contributed by atoms with Gasteiger partial charge in [-0.1, -0.05) is 31.2 Å². The summed E-state index contributed by atoms with van der Waals surface area (Å²) in [6, 6.07) is 14.1. The summed E-state index contributed by atoms with van der Waals surface area (Å²) < 4.78 is 26.6. The van der Waals surface area contributed by atoms with Crippen LogP contribution in [0.3, 0.4) is 0 Å². The molecule has 24 heavy (non-hydrogen) atoms. The van der Waals surface area contributed by atoms with E-state index in [1.165, 1.54) is 28.9 Å². The van der Waals surface area contributed by atoms with Gasteiger partial charge in [0.1, 0.15) is 0 Å². The third-order valence-electron chi connectivity index (χ3n) is 3.72. The second-order valence-corrected chi connectivity index (χ2v) is 7.68. The van der Waals surface area contributed by atoms with E-state index >= 15 is 0 Å². The zero-order chi connectivity index (χ0) is 17.7. The van der Waals surface area contributed by atoms with Crippen LogP contribution in [-0.4, -0.2) is 25.7 Å². The molecule has 0 spiro atoms. The monoisotopic (exact) mass is 346 g/mol. The minimum absolute atomic E-state index is 0.196. The molecule has 0 saturated carbocycles. The average Bonchev–Trinajstić information content (AvgIpc) is 2.55. The minimum Gasteiger partial charge on any atom is -0.326 e. The predicted molar refractivity (Wildman–Crippen MR) is 95.2 cm³/mol. The van der Waals surface area contributed by atoms with Crippen molar-refractivity contribution in [3.63, 3.8) is 0 Å². The Balaban J connectivity index is 2.14. The minimum atomic E-state index is -3.58. The van der Waals surface area contributed by atoms with Gasteiger partial charge >= 0.3 is 0 Å². The van der Waals surface area contributed by atoms with Crippen molar-refractivity contribution in [2.45, 2.75) is 31.7 Å². The molecule has 0 aliphatic rings. The number of amides is 1. The third kappa shape index (κ3) is 4.43. The summed E-state index contributed by atoms with van der Waals surface area (Å²) in [5, 5.41) is 2.62. The van der Waals surface area contributed by atoms with Crippen molar-refractivity contribution >= 4 is 21.6 Å². The molecule has 2 aromatic rings. The highest BCUT2D eigenvalue weighted by Crippen LogP contribution is 2.19. The lowest BCUT2D eigenvalue weighted by Gasteiger charge is -2.18. The molecule has 2 aromatic carbocycles. The lowest BCUT2D eigenvalue weighted by atomic mass is 10.1. The quantitative estimate of drug-likeness (QED) is 0.874. The fourth-order valence-electron chi connectivity index (χ4n) is 2.32. The van der Waals surface area contributed by atoms with E-state index in [0.717, 1.165) is 12.0 Å². The number of aryl methyl sites for hydroxylation is 1. The molecular formula is C18H22N2O3S. The largest absolute Gasteiger partial charge is 0.326 e. The van der Waals surface area contributed by atoms with Gasteiger partial charge in [0.2, 0.25) is 15.9 Å². The van der Waals surface area contributed by atoms with Crippen LogP contribution in [0.1, 0.15) is 25.0 Å². The van der Waals surface area contributed by atoms with Crippen LogP contribution < -0.4 is 5.32 Å². The molecule has 0 radical (unpaired) electrons. The standard InChI is InChI=1S/C18H22N2O3S/c1-4-15-5-7-16(8-6-15)13-20(3)24(22,23)18-11-9-17(10-12-18)19-14(2)21/h5-12H,4,13H2,1-3H3,(H,19,21). The number of sulfonamides is 1. The fourth-order valence-corrected chi connectivity index (χ4v) is 3.47. The van der Waals surface area contributed by atoms with E-state index in [-0.39, 0.29) is 10.8 Å². The summed E-state index contributed by atoms with van der Waals surface area (Å²) in [5.41, 5.74) is 2.73. The van der Waals surface area contributed by atoms with Crippen LogP contribution >= 0.6 is 0 Å². The predicted octanol–water partition coefficient (Wildman–Crippen LogP) is 3.03. The van der Waals surface area contributed by atoms with E-state index in [2.05, 4.69) is 12.2 Å². The molecule has 0 aliphatic heterocycles. The van der Waals surface area contributed by atoms with Crippen LogP contribution in [0.25, 0.3) is 0 Å². The molecule has 0 saturated heterocycles. The zero-order valence-electron chi connectivity index (χ0n) is 14.1. The van der Waals surface area contributed by atoms with Crippen LogP contribution in [0.5, 0.6) is 0 Å². The Morgan fingerprint density at radius 1 is 1.00 bits per heavy atom. The van der Waals surface area contributed by atoms with Crippen molar-refractivity contribution in [3.05, 3.63) is 59.7 Å². The topological polar surface area (TPSA) is 66.5 Å². The molecule has 0 unspecified atom stereocenters. The highest BCUT2D eigenvalue weighted by atomic mass is 32.2. The van der Waals surface area contributed by atoms with Gasteiger partial charge in [0.15, 0.2) is 0 Å².